The molecule has 37 heavy (non-hydrogen) atoms. The number of nitrogens with one attached hydrogen (secondary N) is 2. The molecular formula is C25H29ClN6O5. The topological polar surface area (TPSA) is 150 Å². The van der Waals surface area contributed by atoms with Crippen LogP contribution in [0.15, 0.2) is 40.2 Å². The van der Waals surface area contributed by atoms with Gasteiger partial charge in [0.15, 0.2) is 11.5 Å². The fourth-order valence-electron chi connectivity index (χ4n) is 3.95. The fraction of sp³-hybridized carbons (Fsp3) is 0.400. The van der Waals surface area contributed by atoms with Gasteiger partial charge in [0.25, 0.3) is 6.01 Å². The number of allylic oxidation sites excluding steroid dienone is 5. The third-order valence-electron chi connectivity index (χ3n) is 6.21. The zero-order chi connectivity index (χ0) is 26.7. The molecule has 1 amide bonds. The van der Waals surface area contributed by atoms with E-state index < -0.39 is 11.2 Å². The third-order valence-corrected chi connectivity index (χ3v) is 6.49. The largest absolute Gasteiger partial charge is 0.461 e. The number of hydrogen-bond acceptors (Lipinski definition) is 8. The maximum absolute atomic E-state index is 12.6. The summed E-state index contributed by atoms with van der Waals surface area (Å²) in [6.07, 6.45) is 6.24. The van der Waals surface area contributed by atoms with E-state index in [1.165, 1.54) is 0 Å². The van der Waals surface area contributed by atoms with E-state index in [4.69, 9.17) is 16.3 Å². The quantitative estimate of drug-likeness (QED) is 0.377. The first-order valence-electron chi connectivity index (χ1n) is 11.8. The summed E-state index contributed by atoms with van der Waals surface area (Å²) in [5, 5.41) is 13.6. The molecule has 3 N–H and O–H groups in total. The van der Waals surface area contributed by atoms with Crippen LogP contribution in [-0.2, 0) is 4.79 Å². The lowest BCUT2D eigenvalue weighted by molar-refractivity contribution is -0.144. The van der Waals surface area contributed by atoms with E-state index in [-0.39, 0.29) is 24.4 Å². The van der Waals surface area contributed by atoms with Crippen molar-refractivity contribution in [1.29, 1.82) is 0 Å². The van der Waals surface area contributed by atoms with E-state index in [1.807, 2.05) is 6.92 Å². The van der Waals surface area contributed by atoms with Gasteiger partial charge in [-0.3, -0.25) is 14.3 Å². The predicted octanol–water partition coefficient (Wildman–Crippen LogP) is 3.35. The first kappa shape index (κ1) is 26.4. The molecule has 1 aliphatic rings. The Kier molecular flexibility index (Phi) is 7.65. The number of carbonyl (C=O) groups is 1. The zero-order valence-electron chi connectivity index (χ0n) is 20.9. The number of aliphatic hydroxyl groups is 1. The van der Waals surface area contributed by atoms with Crippen LogP contribution in [-0.4, -0.2) is 66.8 Å². The molecule has 12 heteroatoms. The maximum Gasteiger partial charge on any atom is 0.439 e. The Bertz CT molecular complexity index is 1420. The number of fused-ring (bicyclic) bond motifs is 1. The molecule has 1 saturated heterocycles. The molecule has 196 valence electrons. The number of H-pyrrole nitrogens is 2. The van der Waals surface area contributed by atoms with Crippen LogP contribution in [0, 0.1) is 5.41 Å². The van der Waals surface area contributed by atoms with E-state index in [2.05, 4.69) is 36.2 Å². The number of piperidine rings is 1. The minimum atomic E-state index is -0.792. The van der Waals surface area contributed by atoms with Crippen molar-refractivity contribution < 1.29 is 19.2 Å². The second-order valence-corrected chi connectivity index (χ2v) is 9.91. The Morgan fingerprint density at radius 1 is 1.32 bits per heavy atom. The van der Waals surface area contributed by atoms with Crippen LogP contribution in [0.25, 0.3) is 22.3 Å². The summed E-state index contributed by atoms with van der Waals surface area (Å²) in [4.78, 5) is 40.2. The van der Waals surface area contributed by atoms with E-state index in [1.54, 1.807) is 43.0 Å². The number of rotatable bonds is 8. The molecule has 0 aliphatic carbocycles. The van der Waals surface area contributed by atoms with Gasteiger partial charge < -0.3 is 19.7 Å². The maximum atomic E-state index is 12.6. The highest BCUT2D eigenvalue weighted by molar-refractivity contribution is 6.32. The second kappa shape index (κ2) is 10.7. The molecule has 1 fully saturated rings. The number of halogens is 1. The van der Waals surface area contributed by atoms with Crippen LogP contribution in [0.1, 0.15) is 45.1 Å². The number of carbonyl (C=O) groups excluding carboxylic acids is 1. The number of aromatic nitrogens is 5. The van der Waals surface area contributed by atoms with Gasteiger partial charge in [0.05, 0.1) is 28.3 Å². The fourth-order valence-corrected chi connectivity index (χ4v) is 4.25. The molecule has 3 aromatic heterocycles. The van der Waals surface area contributed by atoms with Gasteiger partial charge in [0.1, 0.15) is 6.10 Å². The minimum absolute atomic E-state index is 0.0589. The van der Waals surface area contributed by atoms with Gasteiger partial charge in [-0.1, -0.05) is 41.6 Å². The molecule has 0 spiro atoms. The highest BCUT2D eigenvalue weighted by Crippen LogP contribution is 2.28. The molecule has 11 nitrogen and oxygen atoms in total. The van der Waals surface area contributed by atoms with Crippen LogP contribution in [0.3, 0.4) is 0 Å². The summed E-state index contributed by atoms with van der Waals surface area (Å²) >= 11 is 6.50. The van der Waals surface area contributed by atoms with Crippen molar-refractivity contribution in [3.8, 4) is 6.01 Å². The normalized spacial score (nSPS) is 15.9. The SMILES string of the molecule is C=C/C(=C\C=C(/C)c1nc2nc(OC3CCN(C(=O)C(C)(C)CO)CC3)[nH]c2cc1Cl)c1noc(=O)[nH]1. The number of imidazole rings is 1. The van der Waals surface area contributed by atoms with E-state index in [0.717, 1.165) is 5.57 Å². The van der Waals surface area contributed by atoms with Crippen molar-refractivity contribution in [3.63, 3.8) is 0 Å². The van der Waals surface area contributed by atoms with Gasteiger partial charge in [-0.05, 0) is 32.4 Å². The van der Waals surface area contributed by atoms with Gasteiger partial charge in [0, 0.05) is 31.5 Å². The lowest BCUT2D eigenvalue weighted by atomic mass is 9.91. The molecule has 4 rings (SSSR count). The van der Waals surface area contributed by atoms with Gasteiger partial charge in [-0.2, -0.15) is 4.98 Å². The molecule has 0 aromatic carbocycles. The van der Waals surface area contributed by atoms with Crippen LogP contribution in [0.4, 0.5) is 0 Å². The molecular weight excluding hydrogens is 500 g/mol. The number of aromatic amines is 2. The van der Waals surface area contributed by atoms with Crippen molar-refractivity contribution in [1.82, 2.24) is 30.0 Å². The predicted molar refractivity (Wildman–Crippen MR) is 139 cm³/mol. The molecule has 1 aliphatic heterocycles. The Labute approximate surface area is 217 Å². The summed E-state index contributed by atoms with van der Waals surface area (Å²) in [5.74, 6) is -0.448. The number of likely N-dealkylation sites (tertiary alicyclic amines) is 1. The van der Waals surface area contributed by atoms with Crippen molar-refractivity contribution in [3.05, 3.63) is 58.0 Å². The van der Waals surface area contributed by atoms with Crippen molar-refractivity contribution in [2.45, 2.75) is 39.7 Å². The lowest BCUT2D eigenvalue weighted by Gasteiger charge is -2.36. The van der Waals surface area contributed by atoms with Gasteiger partial charge in [0.2, 0.25) is 5.91 Å². The smallest absolute Gasteiger partial charge is 0.439 e. The third kappa shape index (κ3) is 5.83. The van der Waals surface area contributed by atoms with Crippen LogP contribution in [0.2, 0.25) is 5.02 Å². The Hall–Kier alpha value is -3.70. The monoisotopic (exact) mass is 528 g/mol. The molecule has 0 bridgehead atoms. The van der Waals surface area contributed by atoms with Gasteiger partial charge in [-0.25, -0.2) is 9.78 Å². The summed E-state index contributed by atoms with van der Waals surface area (Å²) in [6, 6.07) is 2.07. The first-order valence-corrected chi connectivity index (χ1v) is 12.2. The van der Waals surface area contributed by atoms with Gasteiger partial charge >= 0.3 is 5.76 Å². The summed E-state index contributed by atoms with van der Waals surface area (Å²) in [6.45, 7) is 9.96. The molecule has 0 radical (unpaired) electrons. The highest BCUT2D eigenvalue weighted by atomic mass is 35.5. The highest BCUT2D eigenvalue weighted by Gasteiger charge is 2.34. The van der Waals surface area contributed by atoms with Crippen LogP contribution >= 0.6 is 11.6 Å². The van der Waals surface area contributed by atoms with E-state index in [0.29, 0.717) is 59.4 Å². The first-order chi connectivity index (χ1) is 17.6. The lowest BCUT2D eigenvalue weighted by Crippen LogP contribution is -2.48. The molecule has 0 saturated carbocycles. The van der Waals surface area contributed by atoms with E-state index >= 15 is 0 Å². The minimum Gasteiger partial charge on any atom is -0.461 e. The molecule has 3 aromatic rings. The average Bonchev–Trinajstić information content (AvgIpc) is 3.48. The summed E-state index contributed by atoms with van der Waals surface area (Å²) in [5.41, 5.74) is 2.15. The zero-order valence-corrected chi connectivity index (χ0v) is 21.6. The Balaban J connectivity index is 1.46. The van der Waals surface area contributed by atoms with Gasteiger partial charge in [-0.15, -0.1) is 0 Å². The Morgan fingerprint density at radius 2 is 2.05 bits per heavy atom. The van der Waals surface area contributed by atoms with Crippen molar-refractivity contribution >= 4 is 39.8 Å². The van der Waals surface area contributed by atoms with Crippen molar-refractivity contribution in [2.24, 2.45) is 5.41 Å². The summed E-state index contributed by atoms with van der Waals surface area (Å²) < 4.78 is 10.6. The number of nitrogens with zero attached hydrogens (tertiary/aromatic N) is 4. The molecule has 0 atom stereocenters. The number of amides is 1. The average molecular weight is 529 g/mol. The summed E-state index contributed by atoms with van der Waals surface area (Å²) in [7, 11) is 0. The molecule has 4 heterocycles. The standard InChI is InChI=1S/C25H29ClN6O5/c1-5-15(20-30-24(35)37-31-20)7-6-14(2)19-17(26)12-18-21(28-19)29-23(27-18)36-16-8-10-32(11-9-16)22(34)25(3,4)13-33/h5-7,12,16,33H,1,8-11,13H2,2-4H3,(H,27,28,29)(H,30,31,35)/b14-6+,15-7+. The second-order valence-electron chi connectivity index (χ2n) is 9.50. The number of ether oxygens (including phenoxy) is 1. The number of aliphatic hydroxyl groups excluding tert-OH is 1. The number of hydrogen-bond donors (Lipinski definition) is 3. The van der Waals surface area contributed by atoms with Crippen LogP contribution < -0.4 is 10.5 Å². The van der Waals surface area contributed by atoms with Crippen LogP contribution in [0.5, 0.6) is 6.01 Å². The van der Waals surface area contributed by atoms with E-state index in [9.17, 15) is 14.7 Å². The molecule has 0 unspecified atom stereocenters. The van der Waals surface area contributed by atoms with Crippen molar-refractivity contribution in [2.75, 3.05) is 19.7 Å². The Morgan fingerprint density at radius 3 is 2.68 bits per heavy atom. The number of pyridine rings is 1.